The number of fused-ring (bicyclic) bond motifs is 8. The molecule has 0 atom stereocenters. The third-order valence-electron chi connectivity index (χ3n) is 9.06. The predicted octanol–water partition coefficient (Wildman–Crippen LogP) is 9.87. The van der Waals surface area contributed by atoms with Gasteiger partial charge in [-0.2, -0.15) is 0 Å². The number of benzene rings is 6. The monoisotopic (exact) mass is 534 g/mol. The highest BCUT2D eigenvalue weighted by Crippen LogP contribution is 2.50. The van der Waals surface area contributed by atoms with Crippen molar-refractivity contribution < 1.29 is 0 Å². The lowest BCUT2D eigenvalue weighted by molar-refractivity contribution is 1.10. The first kappa shape index (κ1) is 23.4. The SMILES string of the molecule is c1ccc2c(c1)N=C(C1c3ccccc3-c3ccccc31)c1ccccc1N=C2C1c2ccccc2-c2ccccc21. The molecule has 0 aromatic heterocycles. The number of para-hydroxylation sites is 2. The van der Waals surface area contributed by atoms with Crippen LogP contribution in [0, 0.1) is 0 Å². The molecule has 1 aliphatic heterocycles. The van der Waals surface area contributed by atoms with E-state index in [9.17, 15) is 0 Å². The minimum absolute atomic E-state index is 0.0243. The number of hydrogen-bond donors (Lipinski definition) is 0. The Morgan fingerprint density at radius 3 is 0.881 bits per heavy atom. The fraction of sp³-hybridized carbons (Fsp3) is 0.0500. The number of aliphatic imine (C=N–C) groups is 2. The molecule has 2 nitrogen and oxygen atoms in total. The number of rotatable bonds is 2. The zero-order valence-electron chi connectivity index (χ0n) is 22.9. The summed E-state index contributed by atoms with van der Waals surface area (Å²) < 4.78 is 0. The summed E-state index contributed by atoms with van der Waals surface area (Å²) in [7, 11) is 0. The van der Waals surface area contributed by atoms with E-state index in [-0.39, 0.29) is 11.8 Å². The molecular weight excluding hydrogens is 508 g/mol. The Morgan fingerprint density at radius 2 is 0.548 bits per heavy atom. The third kappa shape index (κ3) is 3.33. The average molecular weight is 535 g/mol. The Kier molecular flexibility index (Phi) is 5.06. The molecule has 0 amide bonds. The van der Waals surface area contributed by atoms with Crippen molar-refractivity contribution in [2.24, 2.45) is 9.98 Å². The van der Waals surface area contributed by atoms with E-state index < -0.39 is 0 Å². The van der Waals surface area contributed by atoms with Gasteiger partial charge in [0, 0.05) is 11.1 Å². The lowest BCUT2D eigenvalue weighted by Gasteiger charge is -2.24. The molecule has 3 aliphatic rings. The zero-order chi connectivity index (χ0) is 27.6. The molecule has 0 unspecified atom stereocenters. The molecule has 42 heavy (non-hydrogen) atoms. The predicted molar refractivity (Wildman–Crippen MR) is 173 cm³/mol. The Bertz CT molecular complexity index is 1870. The van der Waals surface area contributed by atoms with Crippen LogP contribution in [0.25, 0.3) is 22.3 Å². The van der Waals surface area contributed by atoms with Gasteiger partial charge in [-0.1, -0.05) is 133 Å². The van der Waals surface area contributed by atoms with Crippen molar-refractivity contribution >= 4 is 22.8 Å². The van der Waals surface area contributed by atoms with E-state index >= 15 is 0 Å². The maximum atomic E-state index is 5.59. The second kappa shape index (κ2) is 9.09. The highest BCUT2D eigenvalue weighted by Gasteiger charge is 2.37. The first-order valence-electron chi connectivity index (χ1n) is 14.6. The number of hydrogen-bond acceptors (Lipinski definition) is 2. The molecule has 1 heterocycles. The maximum Gasteiger partial charge on any atom is 0.0724 e. The van der Waals surface area contributed by atoms with Crippen molar-refractivity contribution in [3.05, 3.63) is 179 Å². The van der Waals surface area contributed by atoms with Gasteiger partial charge in [-0.05, 0) is 56.6 Å². The fourth-order valence-corrected chi connectivity index (χ4v) is 7.30. The van der Waals surface area contributed by atoms with E-state index in [0.29, 0.717) is 0 Å². The van der Waals surface area contributed by atoms with Gasteiger partial charge in [0.05, 0.1) is 34.6 Å². The maximum absolute atomic E-state index is 5.59. The summed E-state index contributed by atoms with van der Waals surface area (Å²) in [5.74, 6) is 0.0487. The van der Waals surface area contributed by atoms with Crippen LogP contribution in [-0.2, 0) is 0 Å². The fourth-order valence-electron chi connectivity index (χ4n) is 7.30. The highest BCUT2D eigenvalue weighted by molar-refractivity contribution is 6.20. The van der Waals surface area contributed by atoms with Crippen LogP contribution >= 0.6 is 0 Å². The minimum atomic E-state index is 0.0243. The molecule has 2 aliphatic carbocycles. The summed E-state index contributed by atoms with van der Waals surface area (Å²) in [5, 5.41) is 0. The lowest BCUT2D eigenvalue weighted by Crippen LogP contribution is -2.18. The highest BCUT2D eigenvalue weighted by atomic mass is 14.8. The third-order valence-corrected chi connectivity index (χ3v) is 9.06. The van der Waals surface area contributed by atoms with E-state index in [0.717, 1.165) is 33.9 Å². The van der Waals surface area contributed by atoms with Crippen molar-refractivity contribution in [1.29, 1.82) is 0 Å². The topological polar surface area (TPSA) is 24.7 Å². The van der Waals surface area contributed by atoms with Crippen LogP contribution in [-0.4, -0.2) is 11.4 Å². The van der Waals surface area contributed by atoms with Crippen LogP contribution in [0.4, 0.5) is 11.4 Å². The van der Waals surface area contributed by atoms with Gasteiger partial charge < -0.3 is 0 Å². The largest absolute Gasteiger partial charge is 0.251 e. The summed E-state index contributed by atoms with van der Waals surface area (Å²) in [5.41, 5.74) is 16.5. The van der Waals surface area contributed by atoms with E-state index in [1.807, 2.05) is 0 Å². The van der Waals surface area contributed by atoms with Gasteiger partial charge in [0.15, 0.2) is 0 Å². The van der Waals surface area contributed by atoms with Crippen molar-refractivity contribution in [2.75, 3.05) is 0 Å². The molecule has 0 saturated heterocycles. The summed E-state index contributed by atoms with van der Waals surface area (Å²) in [4.78, 5) is 11.2. The lowest BCUT2D eigenvalue weighted by atomic mass is 9.84. The molecule has 0 spiro atoms. The summed E-state index contributed by atoms with van der Waals surface area (Å²) in [6.45, 7) is 0. The average Bonchev–Trinajstić information content (AvgIpc) is 3.55. The normalized spacial score (nSPS) is 14.8. The zero-order valence-corrected chi connectivity index (χ0v) is 22.9. The summed E-state index contributed by atoms with van der Waals surface area (Å²) in [6.07, 6.45) is 0. The molecule has 6 aromatic rings. The molecule has 0 radical (unpaired) electrons. The molecule has 2 heteroatoms. The van der Waals surface area contributed by atoms with Gasteiger partial charge in [-0.3, -0.25) is 9.98 Å². The van der Waals surface area contributed by atoms with Crippen LogP contribution in [0.15, 0.2) is 156 Å². The smallest absolute Gasteiger partial charge is 0.0724 e. The van der Waals surface area contributed by atoms with E-state index in [4.69, 9.17) is 9.98 Å². The first-order chi connectivity index (χ1) is 20.9. The van der Waals surface area contributed by atoms with Crippen molar-refractivity contribution in [3.63, 3.8) is 0 Å². The van der Waals surface area contributed by atoms with Crippen LogP contribution in [0.5, 0.6) is 0 Å². The molecule has 0 N–H and O–H groups in total. The first-order valence-corrected chi connectivity index (χ1v) is 14.6. The molecule has 196 valence electrons. The number of nitrogens with zero attached hydrogens (tertiary/aromatic N) is 2. The Labute approximate surface area is 245 Å². The van der Waals surface area contributed by atoms with Gasteiger partial charge in [0.1, 0.15) is 0 Å². The second-order valence-electron chi connectivity index (χ2n) is 11.2. The Morgan fingerprint density at radius 1 is 0.286 bits per heavy atom. The van der Waals surface area contributed by atoms with E-state index in [1.54, 1.807) is 0 Å². The van der Waals surface area contributed by atoms with Crippen molar-refractivity contribution in [2.45, 2.75) is 11.8 Å². The van der Waals surface area contributed by atoms with Gasteiger partial charge in [-0.25, -0.2) is 0 Å². The van der Waals surface area contributed by atoms with Crippen molar-refractivity contribution in [3.8, 4) is 22.3 Å². The molecule has 6 aromatic carbocycles. The second-order valence-corrected chi connectivity index (χ2v) is 11.2. The van der Waals surface area contributed by atoms with Crippen LogP contribution in [0.1, 0.15) is 45.2 Å². The van der Waals surface area contributed by atoms with Gasteiger partial charge in [-0.15, -0.1) is 0 Å². The molecule has 0 bridgehead atoms. The summed E-state index contributed by atoms with van der Waals surface area (Å²) in [6, 6.07) is 52.2. The van der Waals surface area contributed by atoms with E-state index in [2.05, 4.69) is 146 Å². The van der Waals surface area contributed by atoms with Crippen LogP contribution in [0.3, 0.4) is 0 Å². The van der Waals surface area contributed by atoms with Crippen LogP contribution in [0.2, 0.25) is 0 Å². The molecule has 0 fully saturated rings. The van der Waals surface area contributed by atoms with Crippen LogP contribution < -0.4 is 0 Å². The quantitative estimate of drug-likeness (QED) is 0.211. The Balaban J connectivity index is 1.32. The van der Waals surface area contributed by atoms with Crippen molar-refractivity contribution in [1.82, 2.24) is 0 Å². The van der Waals surface area contributed by atoms with Gasteiger partial charge in [0.25, 0.3) is 0 Å². The van der Waals surface area contributed by atoms with E-state index in [1.165, 1.54) is 44.5 Å². The standard InChI is InChI=1S/C40H26N2/c1-5-17-29-25(13-1)26-14-2-6-18-30(26)37(29)39-33-21-9-11-23-35(33)42-40(34-22-10-12-24-36(34)41-39)38-31-19-7-3-15-27(31)28-16-4-8-20-32(28)38/h1-24,37-38H. The van der Waals surface area contributed by atoms with Gasteiger partial charge in [0.2, 0.25) is 0 Å². The molecule has 0 saturated carbocycles. The Hall–Kier alpha value is -5.34. The van der Waals surface area contributed by atoms with Gasteiger partial charge >= 0.3 is 0 Å². The molecule has 9 rings (SSSR count). The minimum Gasteiger partial charge on any atom is -0.251 e. The molecular formula is C40H26N2. The summed E-state index contributed by atoms with van der Waals surface area (Å²) >= 11 is 0.